The molecule has 0 radical (unpaired) electrons. The standard InChI is InChI=1S/C18H28BrN3O/c1-17(2,3)22-16(20-4)21-13-18(9-11-23-12-10-18)14-5-7-15(19)8-6-14/h5-8H,9-13H2,1-4H3,(H2,20,21,22). The van der Waals surface area contributed by atoms with E-state index in [9.17, 15) is 0 Å². The van der Waals surface area contributed by atoms with Crippen LogP contribution in [0.2, 0.25) is 0 Å². The summed E-state index contributed by atoms with van der Waals surface area (Å²) in [5, 5.41) is 6.94. The maximum Gasteiger partial charge on any atom is 0.191 e. The maximum atomic E-state index is 5.60. The van der Waals surface area contributed by atoms with Gasteiger partial charge in [-0.3, -0.25) is 4.99 Å². The Bertz CT molecular complexity index is 528. The van der Waals surface area contributed by atoms with Crippen LogP contribution < -0.4 is 10.6 Å². The second-order valence-electron chi connectivity index (χ2n) is 7.20. The molecule has 2 rings (SSSR count). The van der Waals surface area contributed by atoms with Crippen molar-refractivity contribution in [3.8, 4) is 0 Å². The van der Waals surface area contributed by atoms with Crippen molar-refractivity contribution in [2.75, 3.05) is 26.8 Å². The van der Waals surface area contributed by atoms with Crippen LogP contribution in [0.25, 0.3) is 0 Å². The molecular weight excluding hydrogens is 354 g/mol. The fraction of sp³-hybridized carbons (Fsp3) is 0.611. The molecular formula is C18H28BrN3O. The van der Waals surface area contributed by atoms with Gasteiger partial charge in [0.25, 0.3) is 0 Å². The summed E-state index contributed by atoms with van der Waals surface area (Å²) in [6, 6.07) is 8.68. The lowest BCUT2D eigenvalue weighted by Gasteiger charge is -2.38. The number of hydrogen-bond donors (Lipinski definition) is 2. The Kier molecular flexibility index (Phi) is 6.09. The number of halogens is 1. The first-order valence-corrected chi connectivity index (χ1v) is 8.97. The highest BCUT2D eigenvalue weighted by atomic mass is 79.9. The summed E-state index contributed by atoms with van der Waals surface area (Å²) >= 11 is 3.52. The first-order valence-electron chi connectivity index (χ1n) is 8.17. The monoisotopic (exact) mass is 381 g/mol. The minimum Gasteiger partial charge on any atom is -0.381 e. The Labute approximate surface area is 148 Å². The Morgan fingerprint density at radius 2 is 1.83 bits per heavy atom. The number of nitrogens with one attached hydrogen (secondary N) is 2. The largest absolute Gasteiger partial charge is 0.381 e. The molecule has 1 heterocycles. The summed E-state index contributed by atoms with van der Waals surface area (Å²) in [6.07, 6.45) is 2.04. The lowest BCUT2D eigenvalue weighted by molar-refractivity contribution is 0.0513. The minimum absolute atomic E-state index is 0.0116. The number of hydrogen-bond acceptors (Lipinski definition) is 2. The number of benzene rings is 1. The topological polar surface area (TPSA) is 45.7 Å². The van der Waals surface area contributed by atoms with E-state index in [4.69, 9.17) is 4.74 Å². The van der Waals surface area contributed by atoms with Crippen LogP contribution in [0.5, 0.6) is 0 Å². The van der Waals surface area contributed by atoms with Gasteiger partial charge in [-0.2, -0.15) is 0 Å². The molecule has 0 unspecified atom stereocenters. The van der Waals surface area contributed by atoms with Gasteiger partial charge in [0, 0.05) is 42.2 Å². The van der Waals surface area contributed by atoms with Crippen LogP contribution in [-0.4, -0.2) is 38.3 Å². The van der Waals surface area contributed by atoms with Gasteiger partial charge < -0.3 is 15.4 Å². The minimum atomic E-state index is -0.0116. The average Bonchev–Trinajstić information content (AvgIpc) is 2.52. The highest BCUT2D eigenvalue weighted by molar-refractivity contribution is 9.10. The molecule has 2 N–H and O–H groups in total. The number of guanidine groups is 1. The Hall–Kier alpha value is -1.07. The molecule has 1 aromatic rings. The van der Waals surface area contributed by atoms with Crippen molar-refractivity contribution in [3.63, 3.8) is 0 Å². The van der Waals surface area contributed by atoms with E-state index in [0.717, 1.165) is 43.0 Å². The number of ether oxygens (including phenoxy) is 1. The van der Waals surface area contributed by atoms with Gasteiger partial charge in [-0.25, -0.2) is 0 Å². The van der Waals surface area contributed by atoms with E-state index in [1.165, 1.54) is 5.56 Å². The predicted octanol–water partition coefficient (Wildman–Crippen LogP) is 3.46. The molecule has 0 aromatic heterocycles. The number of nitrogens with zero attached hydrogens (tertiary/aromatic N) is 1. The second-order valence-corrected chi connectivity index (χ2v) is 8.12. The SMILES string of the molecule is CN=C(NCC1(c2ccc(Br)cc2)CCOCC1)NC(C)(C)C. The molecule has 0 aliphatic carbocycles. The van der Waals surface area contributed by atoms with Gasteiger partial charge >= 0.3 is 0 Å². The van der Waals surface area contributed by atoms with E-state index in [-0.39, 0.29) is 11.0 Å². The third-order valence-electron chi connectivity index (χ3n) is 4.22. The average molecular weight is 382 g/mol. The van der Waals surface area contributed by atoms with Crippen LogP contribution in [0, 0.1) is 0 Å². The molecule has 4 nitrogen and oxygen atoms in total. The lowest BCUT2D eigenvalue weighted by atomic mass is 9.74. The summed E-state index contributed by atoms with van der Waals surface area (Å²) in [6.45, 7) is 8.89. The summed E-state index contributed by atoms with van der Waals surface area (Å²) in [5.74, 6) is 0.848. The molecule has 0 spiro atoms. The molecule has 5 heteroatoms. The molecule has 1 aliphatic rings. The van der Waals surface area contributed by atoms with E-state index in [2.05, 4.69) is 76.6 Å². The summed E-state index contributed by atoms with van der Waals surface area (Å²) in [7, 11) is 1.82. The molecule has 1 fully saturated rings. The van der Waals surface area contributed by atoms with Gasteiger partial charge in [0.15, 0.2) is 5.96 Å². The number of rotatable bonds is 3. The van der Waals surface area contributed by atoms with Gasteiger partial charge in [-0.1, -0.05) is 28.1 Å². The van der Waals surface area contributed by atoms with Crippen LogP contribution in [-0.2, 0) is 10.2 Å². The third-order valence-corrected chi connectivity index (χ3v) is 4.75. The van der Waals surface area contributed by atoms with Gasteiger partial charge in [0.05, 0.1) is 0 Å². The fourth-order valence-electron chi connectivity index (χ4n) is 2.92. The molecule has 0 saturated carbocycles. The van der Waals surface area contributed by atoms with E-state index in [1.54, 1.807) is 0 Å². The fourth-order valence-corrected chi connectivity index (χ4v) is 3.18. The number of aliphatic imine (C=N–C) groups is 1. The van der Waals surface area contributed by atoms with Crippen LogP contribution in [0.15, 0.2) is 33.7 Å². The highest BCUT2D eigenvalue weighted by Gasteiger charge is 2.34. The maximum absolute atomic E-state index is 5.60. The van der Waals surface area contributed by atoms with Gasteiger partial charge in [-0.15, -0.1) is 0 Å². The molecule has 128 valence electrons. The second kappa shape index (κ2) is 7.67. The first-order chi connectivity index (χ1) is 10.8. The Balaban J connectivity index is 2.14. The lowest BCUT2D eigenvalue weighted by Crippen LogP contribution is -2.52. The third kappa shape index (κ3) is 5.21. The first kappa shape index (κ1) is 18.3. The van der Waals surface area contributed by atoms with Crippen LogP contribution >= 0.6 is 15.9 Å². The summed E-state index contributed by atoms with van der Waals surface area (Å²) in [4.78, 5) is 4.35. The van der Waals surface area contributed by atoms with Crippen molar-refractivity contribution < 1.29 is 4.74 Å². The molecule has 1 aliphatic heterocycles. The smallest absolute Gasteiger partial charge is 0.191 e. The summed E-state index contributed by atoms with van der Waals surface area (Å²) in [5.41, 5.74) is 1.44. The highest BCUT2D eigenvalue weighted by Crippen LogP contribution is 2.34. The van der Waals surface area contributed by atoms with Crippen LogP contribution in [0.4, 0.5) is 0 Å². The van der Waals surface area contributed by atoms with E-state index in [1.807, 2.05) is 7.05 Å². The normalized spacial score (nSPS) is 18.6. The van der Waals surface area contributed by atoms with Crippen molar-refractivity contribution in [1.82, 2.24) is 10.6 Å². The zero-order valence-electron chi connectivity index (χ0n) is 14.6. The molecule has 1 aromatic carbocycles. The zero-order valence-corrected chi connectivity index (χ0v) is 16.2. The summed E-state index contributed by atoms with van der Waals surface area (Å²) < 4.78 is 6.71. The van der Waals surface area contributed by atoms with E-state index < -0.39 is 0 Å². The quantitative estimate of drug-likeness (QED) is 0.622. The van der Waals surface area contributed by atoms with Gasteiger partial charge in [-0.05, 0) is 51.3 Å². The van der Waals surface area contributed by atoms with Crippen LogP contribution in [0.1, 0.15) is 39.2 Å². The van der Waals surface area contributed by atoms with Crippen molar-refractivity contribution in [2.24, 2.45) is 4.99 Å². The van der Waals surface area contributed by atoms with E-state index in [0.29, 0.717) is 0 Å². The molecule has 0 atom stereocenters. The zero-order chi connectivity index (χ0) is 16.9. The van der Waals surface area contributed by atoms with Gasteiger partial charge in [0.1, 0.15) is 0 Å². The van der Waals surface area contributed by atoms with Gasteiger partial charge in [0.2, 0.25) is 0 Å². The Morgan fingerprint density at radius 1 is 1.22 bits per heavy atom. The molecule has 1 saturated heterocycles. The molecule has 23 heavy (non-hydrogen) atoms. The predicted molar refractivity (Wildman–Crippen MR) is 100 cm³/mol. The van der Waals surface area contributed by atoms with Crippen molar-refractivity contribution in [3.05, 3.63) is 34.3 Å². The van der Waals surface area contributed by atoms with Crippen molar-refractivity contribution in [2.45, 2.75) is 44.6 Å². The van der Waals surface area contributed by atoms with Crippen LogP contribution in [0.3, 0.4) is 0 Å². The molecule has 0 bridgehead atoms. The van der Waals surface area contributed by atoms with Crippen molar-refractivity contribution >= 4 is 21.9 Å². The molecule has 0 amide bonds. The van der Waals surface area contributed by atoms with E-state index >= 15 is 0 Å². The Morgan fingerprint density at radius 3 is 2.35 bits per heavy atom. The van der Waals surface area contributed by atoms with Crippen molar-refractivity contribution in [1.29, 1.82) is 0 Å².